The van der Waals surface area contributed by atoms with E-state index >= 15 is 0 Å². The van der Waals surface area contributed by atoms with Crippen molar-refractivity contribution >= 4 is 11.6 Å². The molecule has 0 nitrogen and oxygen atoms in total. The van der Waals surface area contributed by atoms with Gasteiger partial charge >= 0.3 is 0 Å². The van der Waals surface area contributed by atoms with Gasteiger partial charge in [0.05, 0.1) is 0 Å². The van der Waals surface area contributed by atoms with Crippen LogP contribution in [0, 0.1) is 17.8 Å². The van der Waals surface area contributed by atoms with Crippen molar-refractivity contribution in [3.63, 3.8) is 0 Å². The molecule has 2 aliphatic rings. The number of fused-ring (bicyclic) bond motifs is 1. The number of rotatable bonds is 7. The molecule has 0 amide bonds. The molecule has 34 heavy (non-hydrogen) atoms. The smallest absolute Gasteiger partial charge is 0.0123 e. The first kappa shape index (κ1) is 24.3. The third-order valence-corrected chi connectivity index (χ3v) is 7.93. The van der Waals surface area contributed by atoms with Crippen LogP contribution in [0.2, 0.25) is 0 Å². The topological polar surface area (TPSA) is 0 Å². The number of benzene rings is 2. The maximum Gasteiger partial charge on any atom is 0.0123 e. The maximum atomic E-state index is 4.71. The van der Waals surface area contributed by atoms with Crippen LogP contribution in [-0.2, 0) is 6.42 Å². The summed E-state index contributed by atoms with van der Waals surface area (Å²) in [5.74, 6) is 1.70. The molecule has 176 valence electrons. The van der Waals surface area contributed by atoms with Gasteiger partial charge in [0.25, 0.3) is 0 Å². The molecule has 2 aromatic rings. The summed E-state index contributed by atoms with van der Waals surface area (Å²) in [6.07, 6.45) is 9.22. The van der Waals surface area contributed by atoms with E-state index in [1.54, 1.807) is 5.57 Å². The Morgan fingerprint density at radius 1 is 1.06 bits per heavy atom. The maximum absolute atomic E-state index is 4.71. The molecule has 0 radical (unpaired) electrons. The highest BCUT2D eigenvalue weighted by Gasteiger charge is 2.45. The molecule has 2 aliphatic carbocycles. The first-order chi connectivity index (χ1) is 16.3. The van der Waals surface area contributed by atoms with Gasteiger partial charge in [-0.2, -0.15) is 0 Å². The minimum Gasteiger partial charge on any atom is -0.0995 e. The number of allylic oxidation sites excluding steroid dienone is 6. The molecule has 0 saturated heterocycles. The number of aryl methyl sites for hydroxylation is 1. The second-order valence-electron chi connectivity index (χ2n) is 10.4. The van der Waals surface area contributed by atoms with Crippen molar-refractivity contribution in [3.8, 4) is 0 Å². The van der Waals surface area contributed by atoms with Crippen molar-refractivity contribution in [2.75, 3.05) is 0 Å². The van der Waals surface area contributed by atoms with Crippen LogP contribution in [0.5, 0.6) is 0 Å². The lowest BCUT2D eigenvalue weighted by molar-refractivity contribution is 0.321. The average Bonchev–Trinajstić information content (AvgIpc) is 3.12. The summed E-state index contributed by atoms with van der Waals surface area (Å²) in [6.45, 7) is 22.5. The van der Waals surface area contributed by atoms with Gasteiger partial charge in [0.2, 0.25) is 0 Å². The van der Waals surface area contributed by atoms with Crippen molar-refractivity contribution in [1.29, 1.82) is 0 Å². The van der Waals surface area contributed by atoms with Gasteiger partial charge in [-0.25, -0.2) is 0 Å². The third-order valence-electron chi connectivity index (χ3n) is 7.93. The van der Waals surface area contributed by atoms with E-state index in [1.165, 1.54) is 39.0 Å². The Morgan fingerprint density at radius 2 is 1.82 bits per heavy atom. The predicted molar refractivity (Wildman–Crippen MR) is 150 cm³/mol. The van der Waals surface area contributed by atoms with Gasteiger partial charge < -0.3 is 0 Å². The molecule has 4 atom stereocenters. The molecule has 0 spiro atoms. The average molecular weight is 449 g/mol. The zero-order valence-corrected chi connectivity index (χ0v) is 21.5. The Morgan fingerprint density at radius 3 is 2.53 bits per heavy atom. The van der Waals surface area contributed by atoms with Crippen LogP contribution >= 0.6 is 0 Å². The summed E-state index contributed by atoms with van der Waals surface area (Å²) < 4.78 is 0. The highest BCUT2D eigenvalue weighted by molar-refractivity contribution is 5.69. The molecular formula is C34H40. The van der Waals surface area contributed by atoms with E-state index in [9.17, 15) is 0 Å². The van der Waals surface area contributed by atoms with Gasteiger partial charge in [0.1, 0.15) is 0 Å². The quantitative estimate of drug-likeness (QED) is 0.370. The highest BCUT2D eigenvalue weighted by Crippen LogP contribution is 2.57. The fourth-order valence-corrected chi connectivity index (χ4v) is 6.36. The van der Waals surface area contributed by atoms with Gasteiger partial charge in [0, 0.05) is 11.8 Å². The Kier molecular flexibility index (Phi) is 7.27. The van der Waals surface area contributed by atoms with Gasteiger partial charge in [0.15, 0.2) is 0 Å². The van der Waals surface area contributed by atoms with Gasteiger partial charge in [-0.15, -0.1) is 0 Å². The normalized spacial score (nSPS) is 25.2. The lowest BCUT2D eigenvalue weighted by atomic mass is 9.61. The Balaban J connectivity index is 1.80. The first-order valence-electron chi connectivity index (χ1n) is 13.0. The summed E-state index contributed by atoms with van der Waals surface area (Å²) in [5.41, 5.74) is 12.1. The zero-order chi connectivity index (χ0) is 24.4. The molecule has 1 fully saturated rings. The van der Waals surface area contributed by atoms with E-state index < -0.39 is 0 Å². The lowest BCUT2D eigenvalue weighted by Crippen LogP contribution is -2.32. The van der Waals surface area contributed by atoms with Crippen LogP contribution in [-0.4, -0.2) is 0 Å². The third kappa shape index (κ3) is 4.56. The van der Waals surface area contributed by atoms with Crippen molar-refractivity contribution in [3.05, 3.63) is 119 Å². The van der Waals surface area contributed by atoms with Crippen molar-refractivity contribution in [2.24, 2.45) is 17.8 Å². The predicted octanol–water partition coefficient (Wildman–Crippen LogP) is 9.57. The summed E-state index contributed by atoms with van der Waals surface area (Å²) >= 11 is 0. The Hall–Kier alpha value is -2.86. The summed E-state index contributed by atoms with van der Waals surface area (Å²) in [4.78, 5) is 0. The minimum absolute atomic E-state index is 0.359. The number of hydrogen-bond donors (Lipinski definition) is 0. The monoisotopic (exact) mass is 448 g/mol. The number of hydrogen-bond acceptors (Lipinski definition) is 0. The SMILES string of the molecule is C=C(C)c1cccc(/C=C2/CC3=CC(C)C(C(=C)CCC)C(c4ccccc4CC)C3C2=C)c1. The molecule has 0 aromatic heterocycles. The lowest BCUT2D eigenvalue weighted by Gasteiger charge is -2.42. The second-order valence-corrected chi connectivity index (χ2v) is 10.4. The fourth-order valence-electron chi connectivity index (χ4n) is 6.36. The van der Waals surface area contributed by atoms with E-state index in [4.69, 9.17) is 6.58 Å². The fraction of sp³-hybridized carbons (Fsp3) is 0.353. The van der Waals surface area contributed by atoms with Crippen molar-refractivity contribution in [2.45, 2.75) is 59.3 Å². The molecule has 0 heteroatoms. The van der Waals surface area contributed by atoms with E-state index in [0.717, 1.165) is 31.3 Å². The summed E-state index contributed by atoms with van der Waals surface area (Å²) in [5, 5.41) is 0. The molecule has 0 heterocycles. The van der Waals surface area contributed by atoms with E-state index in [0.29, 0.717) is 23.7 Å². The van der Waals surface area contributed by atoms with Crippen LogP contribution in [0.3, 0.4) is 0 Å². The first-order valence-corrected chi connectivity index (χ1v) is 13.0. The van der Waals surface area contributed by atoms with Crippen molar-refractivity contribution in [1.82, 2.24) is 0 Å². The Bertz CT molecular complexity index is 1170. The van der Waals surface area contributed by atoms with Crippen LogP contribution in [0.1, 0.15) is 75.1 Å². The van der Waals surface area contributed by atoms with Gasteiger partial charge in [-0.05, 0) is 77.5 Å². The molecular weight excluding hydrogens is 408 g/mol. The van der Waals surface area contributed by atoms with E-state index in [1.807, 2.05) is 0 Å². The Labute approximate surface area is 207 Å². The van der Waals surface area contributed by atoms with E-state index in [2.05, 4.69) is 102 Å². The molecule has 0 N–H and O–H groups in total. The van der Waals surface area contributed by atoms with Crippen LogP contribution in [0.25, 0.3) is 11.6 Å². The summed E-state index contributed by atoms with van der Waals surface area (Å²) in [7, 11) is 0. The second kappa shape index (κ2) is 10.2. The molecule has 1 saturated carbocycles. The van der Waals surface area contributed by atoms with Gasteiger partial charge in [-0.1, -0.05) is 118 Å². The van der Waals surface area contributed by atoms with Gasteiger partial charge in [-0.3, -0.25) is 0 Å². The van der Waals surface area contributed by atoms with Crippen LogP contribution < -0.4 is 0 Å². The molecule has 2 aromatic carbocycles. The molecule has 4 unspecified atom stereocenters. The van der Waals surface area contributed by atoms with E-state index in [-0.39, 0.29) is 0 Å². The molecule has 4 rings (SSSR count). The van der Waals surface area contributed by atoms with Crippen LogP contribution in [0.4, 0.5) is 0 Å². The standard InChI is InChI=1S/C34H40/c1-8-13-23(5)32-24(6)18-30-21-29(20-26-14-12-16-28(19-26)22(3)4)25(7)33(30)34(32)31-17-11-10-15-27(31)9-2/h10-12,14-20,24,32-34H,3,5,7-9,13,21H2,1-2,4,6H3/b29-20-. The molecule has 0 bridgehead atoms. The molecule has 0 aliphatic heterocycles. The zero-order valence-electron chi connectivity index (χ0n) is 21.5. The largest absolute Gasteiger partial charge is 0.0995 e. The summed E-state index contributed by atoms with van der Waals surface area (Å²) in [6, 6.07) is 17.8. The van der Waals surface area contributed by atoms with Crippen LogP contribution in [0.15, 0.2) is 96.6 Å². The van der Waals surface area contributed by atoms with Crippen molar-refractivity contribution < 1.29 is 0 Å². The highest BCUT2D eigenvalue weighted by atomic mass is 14.5. The minimum atomic E-state index is 0.359.